The van der Waals surface area contributed by atoms with Crippen LogP contribution in [0.5, 0.6) is 5.75 Å². The van der Waals surface area contributed by atoms with Crippen LogP contribution in [0.25, 0.3) is 0 Å². The lowest BCUT2D eigenvalue weighted by Crippen LogP contribution is -2.29. The van der Waals surface area contributed by atoms with Crippen molar-refractivity contribution in [3.8, 4) is 5.75 Å². The second kappa shape index (κ2) is 5.58. The Morgan fingerprint density at radius 3 is 2.93 bits per heavy atom. The molecular weight excluding hydrogens is 216 g/mol. The van der Waals surface area contributed by atoms with E-state index in [1.54, 1.807) is 18.2 Å². The molecule has 0 fully saturated rings. The number of amides is 1. The quantitative estimate of drug-likeness (QED) is 0.809. The maximum absolute atomic E-state index is 11.7. The number of carbonyl (C=O) groups is 1. The van der Waals surface area contributed by atoms with Gasteiger partial charge in [0, 0.05) is 13.1 Å². The first-order chi connectivity index (χ1) is 7.20. The summed E-state index contributed by atoms with van der Waals surface area (Å²) in [5.41, 5.74) is 5.63. The standard InChI is InChI=1S/C10H13ClN2O2/c1-15-8-4-2-3-7(11)9(8)10(14)13-6-5-12/h2-4H,5-6,12H2,1H3,(H,13,14). The van der Waals surface area contributed by atoms with E-state index in [2.05, 4.69) is 5.32 Å². The third-order valence-corrected chi connectivity index (χ3v) is 2.17. The predicted octanol–water partition coefficient (Wildman–Crippen LogP) is 1.04. The highest BCUT2D eigenvalue weighted by molar-refractivity contribution is 6.34. The monoisotopic (exact) mass is 228 g/mol. The van der Waals surface area contributed by atoms with Gasteiger partial charge in [0.1, 0.15) is 5.75 Å². The molecule has 0 radical (unpaired) electrons. The van der Waals surface area contributed by atoms with Crippen molar-refractivity contribution >= 4 is 17.5 Å². The molecule has 15 heavy (non-hydrogen) atoms. The molecule has 0 atom stereocenters. The number of methoxy groups -OCH3 is 1. The Kier molecular flexibility index (Phi) is 4.39. The van der Waals surface area contributed by atoms with Crippen molar-refractivity contribution in [2.45, 2.75) is 0 Å². The molecule has 0 saturated heterocycles. The van der Waals surface area contributed by atoms with Crippen LogP contribution in [-0.4, -0.2) is 26.1 Å². The van der Waals surface area contributed by atoms with Crippen LogP contribution in [0.15, 0.2) is 18.2 Å². The average molecular weight is 229 g/mol. The number of nitrogens with two attached hydrogens (primary N) is 1. The van der Waals surface area contributed by atoms with Gasteiger partial charge in [0.25, 0.3) is 5.91 Å². The van der Waals surface area contributed by atoms with Crippen molar-refractivity contribution in [3.63, 3.8) is 0 Å². The lowest BCUT2D eigenvalue weighted by molar-refractivity contribution is 0.0952. The lowest BCUT2D eigenvalue weighted by atomic mass is 10.2. The van der Waals surface area contributed by atoms with E-state index >= 15 is 0 Å². The van der Waals surface area contributed by atoms with Crippen molar-refractivity contribution < 1.29 is 9.53 Å². The zero-order chi connectivity index (χ0) is 11.3. The minimum atomic E-state index is -0.275. The zero-order valence-electron chi connectivity index (χ0n) is 8.42. The second-order valence-corrected chi connectivity index (χ2v) is 3.27. The Balaban J connectivity index is 2.95. The Morgan fingerprint density at radius 1 is 1.60 bits per heavy atom. The fourth-order valence-electron chi connectivity index (χ4n) is 1.17. The second-order valence-electron chi connectivity index (χ2n) is 2.86. The van der Waals surface area contributed by atoms with Crippen molar-refractivity contribution in [1.29, 1.82) is 0 Å². The van der Waals surface area contributed by atoms with Crippen molar-refractivity contribution in [1.82, 2.24) is 5.32 Å². The summed E-state index contributed by atoms with van der Waals surface area (Å²) in [6.45, 7) is 0.797. The van der Waals surface area contributed by atoms with E-state index in [0.717, 1.165) is 0 Å². The first kappa shape index (κ1) is 11.8. The number of hydrogen-bond acceptors (Lipinski definition) is 3. The fourth-order valence-corrected chi connectivity index (χ4v) is 1.42. The summed E-state index contributed by atoms with van der Waals surface area (Å²) in [5.74, 6) is 0.180. The number of rotatable bonds is 4. The van der Waals surface area contributed by atoms with Crippen LogP contribution in [0.1, 0.15) is 10.4 Å². The number of ether oxygens (including phenoxy) is 1. The summed E-state index contributed by atoms with van der Waals surface area (Å²) < 4.78 is 5.05. The minimum absolute atomic E-state index is 0.275. The number of halogens is 1. The van der Waals surface area contributed by atoms with Crippen molar-refractivity contribution in [2.24, 2.45) is 5.73 Å². The van der Waals surface area contributed by atoms with Gasteiger partial charge in [-0.15, -0.1) is 0 Å². The van der Waals surface area contributed by atoms with Gasteiger partial charge in [0.15, 0.2) is 0 Å². The van der Waals surface area contributed by atoms with Crippen LogP contribution in [0, 0.1) is 0 Å². The maximum Gasteiger partial charge on any atom is 0.256 e. The van der Waals surface area contributed by atoms with E-state index in [-0.39, 0.29) is 5.91 Å². The minimum Gasteiger partial charge on any atom is -0.496 e. The Bertz CT molecular complexity index is 355. The summed E-state index contributed by atoms with van der Waals surface area (Å²) >= 11 is 5.91. The van der Waals surface area contributed by atoms with E-state index < -0.39 is 0 Å². The molecule has 82 valence electrons. The summed E-state index contributed by atoms with van der Waals surface area (Å²) in [4.78, 5) is 11.7. The van der Waals surface area contributed by atoms with Crippen LogP contribution in [0.2, 0.25) is 5.02 Å². The summed E-state index contributed by atoms with van der Waals surface area (Å²) in [6, 6.07) is 5.05. The summed E-state index contributed by atoms with van der Waals surface area (Å²) in [5, 5.41) is 3.00. The number of benzene rings is 1. The van der Waals surface area contributed by atoms with Gasteiger partial charge in [-0.25, -0.2) is 0 Å². The average Bonchev–Trinajstić information content (AvgIpc) is 2.25. The highest BCUT2D eigenvalue weighted by Gasteiger charge is 2.15. The molecule has 4 nitrogen and oxygen atoms in total. The molecule has 0 unspecified atom stereocenters. The Hall–Kier alpha value is -1.26. The van der Waals surface area contributed by atoms with Gasteiger partial charge < -0.3 is 15.8 Å². The van der Waals surface area contributed by atoms with Gasteiger partial charge >= 0.3 is 0 Å². The van der Waals surface area contributed by atoms with Crippen LogP contribution < -0.4 is 15.8 Å². The molecule has 1 aromatic carbocycles. The van der Waals surface area contributed by atoms with Crippen LogP contribution in [0.4, 0.5) is 0 Å². The molecule has 0 aliphatic carbocycles. The molecule has 1 amide bonds. The molecular formula is C10H13ClN2O2. The summed E-state index contributed by atoms with van der Waals surface area (Å²) in [6.07, 6.45) is 0. The van der Waals surface area contributed by atoms with Crippen molar-refractivity contribution in [2.75, 3.05) is 20.2 Å². The number of nitrogens with one attached hydrogen (secondary N) is 1. The van der Waals surface area contributed by atoms with Gasteiger partial charge in [-0.3, -0.25) is 4.79 Å². The third-order valence-electron chi connectivity index (χ3n) is 1.85. The van der Waals surface area contributed by atoms with E-state index in [1.807, 2.05) is 0 Å². The van der Waals surface area contributed by atoms with Gasteiger partial charge in [-0.2, -0.15) is 0 Å². The largest absolute Gasteiger partial charge is 0.496 e. The smallest absolute Gasteiger partial charge is 0.256 e. The SMILES string of the molecule is COc1cccc(Cl)c1C(=O)NCCN. The first-order valence-electron chi connectivity index (χ1n) is 4.51. The third kappa shape index (κ3) is 2.84. The van der Waals surface area contributed by atoms with E-state index in [9.17, 15) is 4.79 Å². The van der Waals surface area contributed by atoms with Gasteiger partial charge in [0.05, 0.1) is 17.7 Å². The highest BCUT2D eigenvalue weighted by Crippen LogP contribution is 2.25. The van der Waals surface area contributed by atoms with Crippen molar-refractivity contribution in [3.05, 3.63) is 28.8 Å². The molecule has 0 spiro atoms. The molecule has 0 heterocycles. The van der Waals surface area contributed by atoms with E-state index in [4.69, 9.17) is 22.1 Å². The topological polar surface area (TPSA) is 64.3 Å². The molecule has 1 aromatic rings. The summed E-state index contributed by atoms with van der Waals surface area (Å²) in [7, 11) is 1.49. The Labute approximate surface area is 93.4 Å². The van der Waals surface area contributed by atoms with Gasteiger partial charge in [-0.1, -0.05) is 17.7 Å². The van der Waals surface area contributed by atoms with Gasteiger partial charge in [0.2, 0.25) is 0 Å². The zero-order valence-corrected chi connectivity index (χ0v) is 9.17. The molecule has 1 rings (SSSR count). The van der Waals surface area contributed by atoms with Crippen LogP contribution in [0.3, 0.4) is 0 Å². The Morgan fingerprint density at radius 2 is 2.33 bits per heavy atom. The highest BCUT2D eigenvalue weighted by atomic mass is 35.5. The number of carbonyl (C=O) groups excluding carboxylic acids is 1. The molecule has 0 aliphatic heterocycles. The molecule has 3 N–H and O–H groups in total. The normalized spacial score (nSPS) is 9.80. The van der Waals surface area contributed by atoms with Gasteiger partial charge in [-0.05, 0) is 12.1 Å². The van der Waals surface area contributed by atoms with E-state index in [0.29, 0.717) is 29.4 Å². The maximum atomic E-state index is 11.7. The number of hydrogen-bond donors (Lipinski definition) is 2. The molecule has 0 aromatic heterocycles. The fraction of sp³-hybridized carbons (Fsp3) is 0.300. The molecule has 5 heteroatoms. The van der Waals surface area contributed by atoms with Crippen LogP contribution >= 0.6 is 11.6 Å². The molecule has 0 saturated carbocycles. The van der Waals surface area contributed by atoms with Crippen LogP contribution in [-0.2, 0) is 0 Å². The van der Waals surface area contributed by atoms with E-state index in [1.165, 1.54) is 7.11 Å². The predicted molar refractivity (Wildman–Crippen MR) is 59.4 cm³/mol. The molecule has 0 aliphatic rings. The first-order valence-corrected chi connectivity index (χ1v) is 4.89. The molecule has 0 bridgehead atoms. The lowest BCUT2D eigenvalue weighted by Gasteiger charge is -2.09.